The number of halogens is 1. The minimum Gasteiger partial charge on any atom is -0.357 e. The lowest BCUT2D eigenvalue weighted by Gasteiger charge is -2.32. The van der Waals surface area contributed by atoms with Gasteiger partial charge in [-0.05, 0) is 48.9 Å². The molecule has 0 saturated carbocycles. The van der Waals surface area contributed by atoms with Crippen molar-refractivity contribution in [2.24, 2.45) is 4.99 Å². The minimum atomic E-state index is -3.10. The van der Waals surface area contributed by atoms with E-state index in [9.17, 15) is 8.42 Å². The second kappa shape index (κ2) is 12.6. The first-order valence-electron chi connectivity index (χ1n) is 11.0. The van der Waals surface area contributed by atoms with E-state index in [1.165, 1.54) is 16.3 Å². The number of rotatable bonds is 8. The van der Waals surface area contributed by atoms with Gasteiger partial charge in [0.15, 0.2) is 5.96 Å². The average molecular weight is 559 g/mol. The Morgan fingerprint density at radius 3 is 2.52 bits per heavy atom. The second-order valence-electron chi connectivity index (χ2n) is 7.78. The van der Waals surface area contributed by atoms with E-state index in [-0.39, 0.29) is 35.8 Å². The minimum absolute atomic E-state index is 0. The lowest BCUT2D eigenvalue weighted by molar-refractivity contribution is 0.306. The zero-order chi connectivity index (χ0) is 21.4. The molecule has 1 aliphatic heterocycles. The number of aliphatic imine (C=N–C) groups is 1. The van der Waals surface area contributed by atoms with Crippen molar-refractivity contribution in [1.29, 1.82) is 0 Å². The topological polar surface area (TPSA) is 73.8 Å². The molecule has 0 spiro atoms. The van der Waals surface area contributed by atoms with Crippen molar-refractivity contribution in [2.45, 2.75) is 45.6 Å². The summed E-state index contributed by atoms with van der Waals surface area (Å²) in [7, 11) is -3.10. The predicted molar refractivity (Wildman–Crippen MR) is 141 cm³/mol. The Morgan fingerprint density at radius 1 is 1.10 bits per heavy atom. The highest BCUT2D eigenvalue weighted by Crippen LogP contribution is 2.19. The van der Waals surface area contributed by atoms with Crippen LogP contribution in [0.1, 0.15) is 38.7 Å². The Balaban J connectivity index is 0.00000341. The SMILES string of the molecule is CCCS(=O)(=O)N1CCC(NC(=NCCc2cccc3ccccc23)NCC)CC1.I. The van der Waals surface area contributed by atoms with Crippen LogP contribution >= 0.6 is 24.0 Å². The Kier molecular flexibility index (Phi) is 10.5. The lowest BCUT2D eigenvalue weighted by Crippen LogP contribution is -2.50. The third kappa shape index (κ3) is 7.32. The van der Waals surface area contributed by atoms with Crippen molar-refractivity contribution in [1.82, 2.24) is 14.9 Å². The van der Waals surface area contributed by atoms with Crippen LogP contribution in [0, 0.1) is 0 Å². The lowest BCUT2D eigenvalue weighted by atomic mass is 10.0. The first-order chi connectivity index (χ1) is 14.5. The van der Waals surface area contributed by atoms with E-state index < -0.39 is 10.0 Å². The number of piperidine rings is 1. The molecule has 0 atom stereocenters. The van der Waals surface area contributed by atoms with Crippen LogP contribution in [0.15, 0.2) is 47.5 Å². The zero-order valence-corrected chi connectivity index (χ0v) is 21.7. The highest BCUT2D eigenvalue weighted by Gasteiger charge is 2.27. The number of guanidine groups is 1. The summed E-state index contributed by atoms with van der Waals surface area (Å²) in [6, 6.07) is 15.1. The summed E-state index contributed by atoms with van der Waals surface area (Å²) in [5.41, 5.74) is 1.31. The average Bonchev–Trinajstić information content (AvgIpc) is 2.74. The normalized spacial score (nSPS) is 16.1. The van der Waals surface area contributed by atoms with Crippen LogP contribution in [0.3, 0.4) is 0 Å². The van der Waals surface area contributed by atoms with Crippen LogP contribution in [-0.4, -0.2) is 56.7 Å². The molecule has 31 heavy (non-hydrogen) atoms. The molecule has 3 rings (SSSR count). The number of benzene rings is 2. The molecule has 6 nitrogen and oxygen atoms in total. The van der Waals surface area contributed by atoms with E-state index in [1.807, 2.05) is 6.92 Å². The fourth-order valence-corrected chi connectivity index (χ4v) is 5.52. The molecule has 1 aliphatic rings. The van der Waals surface area contributed by atoms with Gasteiger partial charge in [-0.1, -0.05) is 49.4 Å². The van der Waals surface area contributed by atoms with Gasteiger partial charge in [-0.15, -0.1) is 24.0 Å². The summed E-state index contributed by atoms with van der Waals surface area (Å²) < 4.78 is 26.1. The molecule has 1 saturated heterocycles. The van der Waals surface area contributed by atoms with E-state index in [2.05, 4.69) is 60.0 Å². The van der Waals surface area contributed by atoms with Crippen molar-refractivity contribution in [3.05, 3.63) is 48.0 Å². The summed E-state index contributed by atoms with van der Waals surface area (Å²) in [6.45, 7) is 6.62. The molecule has 8 heteroatoms. The molecule has 0 unspecified atom stereocenters. The first kappa shape index (κ1) is 25.9. The quantitative estimate of drug-likeness (QED) is 0.294. The molecule has 2 aromatic rings. The van der Waals surface area contributed by atoms with Crippen LogP contribution < -0.4 is 10.6 Å². The third-order valence-electron chi connectivity index (χ3n) is 5.53. The summed E-state index contributed by atoms with van der Waals surface area (Å²) in [4.78, 5) is 4.77. The van der Waals surface area contributed by atoms with Gasteiger partial charge in [0.25, 0.3) is 0 Å². The highest BCUT2D eigenvalue weighted by atomic mass is 127. The fourth-order valence-electron chi connectivity index (χ4n) is 3.98. The highest BCUT2D eigenvalue weighted by molar-refractivity contribution is 14.0. The molecule has 0 bridgehead atoms. The number of hydrogen-bond donors (Lipinski definition) is 2. The van der Waals surface area contributed by atoms with E-state index in [1.54, 1.807) is 4.31 Å². The molecule has 172 valence electrons. The summed E-state index contributed by atoms with van der Waals surface area (Å²) in [6.07, 6.45) is 3.15. The van der Waals surface area contributed by atoms with Gasteiger partial charge in [0.2, 0.25) is 10.0 Å². The molecule has 1 heterocycles. The second-order valence-corrected chi connectivity index (χ2v) is 9.87. The van der Waals surface area contributed by atoms with Gasteiger partial charge in [-0.3, -0.25) is 4.99 Å². The van der Waals surface area contributed by atoms with Gasteiger partial charge in [-0.2, -0.15) is 0 Å². The van der Waals surface area contributed by atoms with Crippen LogP contribution in [0.5, 0.6) is 0 Å². The largest absolute Gasteiger partial charge is 0.357 e. The van der Waals surface area contributed by atoms with Crippen molar-refractivity contribution in [2.75, 3.05) is 31.9 Å². The van der Waals surface area contributed by atoms with Crippen molar-refractivity contribution in [3.8, 4) is 0 Å². The van der Waals surface area contributed by atoms with Crippen LogP contribution in [0.25, 0.3) is 10.8 Å². The van der Waals surface area contributed by atoms with Crippen molar-refractivity contribution < 1.29 is 8.42 Å². The van der Waals surface area contributed by atoms with E-state index >= 15 is 0 Å². The van der Waals surface area contributed by atoms with Gasteiger partial charge in [0, 0.05) is 32.2 Å². The third-order valence-corrected chi connectivity index (χ3v) is 7.60. The molecule has 2 aromatic carbocycles. The zero-order valence-electron chi connectivity index (χ0n) is 18.5. The number of hydrogen-bond acceptors (Lipinski definition) is 3. The molecule has 0 aromatic heterocycles. The number of nitrogens with one attached hydrogen (secondary N) is 2. The molecule has 0 amide bonds. The smallest absolute Gasteiger partial charge is 0.214 e. The van der Waals surface area contributed by atoms with Gasteiger partial charge in [-0.25, -0.2) is 12.7 Å². The van der Waals surface area contributed by atoms with E-state index in [0.717, 1.165) is 31.8 Å². The summed E-state index contributed by atoms with van der Waals surface area (Å²) in [5, 5.41) is 9.37. The fraction of sp³-hybridized carbons (Fsp3) is 0.522. The van der Waals surface area contributed by atoms with Gasteiger partial charge >= 0.3 is 0 Å². The monoisotopic (exact) mass is 558 g/mol. The maximum Gasteiger partial charge on any atom is 0.214 e. The molecular weight excluding hydrogens is 523 g/mol. The van der Waals surface area contributed by atoms with Crippen molar-refractivity contribution >= 4 is 50.7 Å². The van der Waals surface area contributed by atoms with Crippen LogP contribution in [0.4, 0.5) is 0 Å². The van der Waals surface area contributed by atoms with Crippen molar-refractivity contribution in [3.63, 3.8) is 0 Å². The Hall–Kier alpha value is -1.39. The van der Waals surface area contributed by atoms with E-state index in [0.29, 0.717) is 26.1 Å². The van der Waals surface area contributed by atoms with E-state index in [4.69, 9.17) is 4.99 Å². The van der Waals surface area contributed by atoms with Crippen LogP contribution in [0.2, 0.25) is 0 Å². The van der Waals surface area contributed by atoms with Gasteiger partial charge in [0.05, 0.1) is 5.75 Å². The summed E-state index contributed by atoms with van der Waals surface area (Å²) >= 11 is 0. The number of sulfonamides is 1. The molecule has 0 radical (unpaired) electrons. The first-order valence-corrected chi connectivity index (χ1v) is 12.6. The molecular formula is C23H35IN4O2S. The van der Waals surface area contributed by atoms with Gasteiger partial charge < -0.3 is 10.6 Å². The van der Waals surface area contributed by atoms with Crippen LogP contribution in [-0.2, 0) is 16.4 Å². The predicted octanol–water partition coefficient (Wildman–Crippen LogP) is 3.76. The molecule has 0 aliphatic carbocycles. The Morgan fingerprint density at radius 2 is 1.81 bits per heavy atom. The van der Waals surface area contributed by atoms with Gasteiger partial charge in [0.1, 0.15) is 0 Å². The molecule has 1 fully saturated rings. The number of fused-ring (bicyclic) bond motifs is 1. The summed E-state index contributed by atoms with van der Waals surface area (Å²) in [5.74, 6) is 1.05. The maximum absolute atomic E-state index is 12.3. The maximum atomic E-state index is 12.3. The number of nitrogens with zero attached hydrogens (tertiary/aromatic N) is 2. The Bertz CT molecular complexity index is 952. The standard InChI is InChI=1S/C23H34N4O2S.HI/c1-3-18-30(28,29)27-16-13-21(14-17-27)26-23(24-4-2)25-15-12-20-10-7-9-19-8-5-6-11-22(19)20;/h5-11,21H,3-4,12-18H2,1-2H3,(H2,24,25,26);1H. The molecule has 2 N–H and O–H groups in total. The Labute approximate surface area is 204 Å².